The summed E-state index contributed by atoms with van der Waals surface area (Å²) in [6.07, 6.45) is 5.21. The van der Waals surface area contributed by atoms with Crippen LogP contribution < -0.4 is 5.32 Å². The Kier molecular flexibility index (Phi) is 6.26. The van der Waals surface area contributed by atoms with Gasteiger partial charge in [0.25, 0.3) is 0 Å². The number of piperidine rings is 2. The molecular formula is C15H29N3O2. The van der Waals surface area contributed by atoms with Gasteiger partial charge in [0.15, 0.2) is 0 Å². The Labute approximate surface area is 122 Å². The molecule has 1 amide bonds. The monoisotopic (exact) mass is 283 g/mol. The third kappa shape index (κ3) is 4.72. The normalized spacial score (nSPS) is 22.4. The maximum Gasteiger partial charge on any atom is 0.224 e. The van der Waals surface area contributed by atoms with Gasteiger partial charge in [0, 0.05) is 19.1 Å². The molecule has 0 atom stereocenters. The molecule has 2 saturated heterocycles. The molecule has 1 N–H and O–H groups in total. The van der Waals surface area contributed by atoms with Gasteiger partial charge in [-0.25, -0.2) is 0 Å². The van der Waals surface area contributed by atoms with Crippen molar-refractivity contribution in [1.29, 1.82) is 0 Å². The van der Waals surface area contributed by atoms with Crippen LogP contribution in [0.3, 0.4) is 0 Å². The van der Waals surface area contributed by atoms with Gasteiger partial charge < -0.3 is 19.9 Å². The fraction of sp³-hybridized carbons (Fsp3) is 0.933. The van der Waals surface area contributed by atoms with Crippen LogP contribution in [0.15, 0.2) is 0 Å². The van der Waals surface area contributed by atoms with Gasteiger partial charge in [-0.1, -0.05) is 0 Å². The molecule has 0 radical (unpaired) electrons. The van der Waals surface area contributed by atoms with Gasteiger partial charge in [0.2, 0.25) is 5.91 Å². The number of nitrogens with zero attached hydrogens (tertiary/aromatic N) is 2. The summed E-state index contributed by atoms with van der Waals surface area (Å²) < 4.78 is 5.81. The second-order valence-electron chi connectivity index (χ2n) is 6.15. The van der Waals surface area contributed by atoms with E-state index in [0.717, 1.165) is 51.9 Å². The third-order valence-corrected chi connectivity index (χ3v) is 4.50. The smallest absolute Gasteiger partial charge is 0.224 e. The highest BCUT2D eigenvalue weighted by Crippen LogP contribution is 2.15. The predicted octanol–water partition coefficient (Wildman–Crippen LogP) is 0.698. The van der Waals surface area contributed by atoms with Gasteiger partial charge in [-0.05, 0) is 52.9 Å². The van der Waals surface area contributed by atoms with E-state index in [1.807, 2.05) is 4.90 Å². The van der Waals surface area contributed by atoms with E-state index in [0.29, 0.717) is 25.2 Å². The van der Waals surface area contributed by atoms with E-state index >= 15 is 0 Å². The first-order valence-corrected chi connectivity index (χ1v) is 7.93. The van der Waals surface area contributed by atoms with Crippen LogP contribution in [0.1, 0.15) is 32.1 Å². The van der Waals surface area contributed by atoms with Crippen LogP contribution in [0.2, 0.25) is 0 Å². The highest BCUT2D eigenvalue weighted by atomic mass is 16.5. The molecule has 2 rings (SSSR count). The molecular weight excluding hydrogens is 254 g/mol. The molecule has 2 aliphatic rings. The average molecular weight is 283 g/mol. The highest BCUT2D eigenvalue weighted by Gasteiger charge is 2.23. The number of hydrogen-bond donors (Lipinski definition) is 1. The first-order valence-electron chi connectivity index (χ1n) is 7.93. The number of ether oxygens (including phenoxy) is 1. The number of carbonyl (C=O) groups excluding carboxylic acids is 1. The van der Waals surface area contributed by atoms with E-state index in [2.05, 4.69) is 24.3 Å². The minimum Gasteiger partial charge on any atom is -0.378 e. The van der Waals surface area contributed by atoms with Crippen LogP contribution in [-0.4, -0.2) is 74.7 Å². The average Bonchev–Trinajstić information content (AvgIpc) is 2.48. The van der Waals surface area contributed by atoms with Crippen LogP contribution in [0.25, 0.3) is 0 Å². The molecule has 2 aliphatic heterocycles. The van der Waals surface area contributed by atoms with Gasteiger partial charge in [-0.2, -0.15) is 0 Å². The molecule has 0 unspecified atom stereocenters. The lowest BCUT2D eigenvalue weighted by atomic mass is 10.0. The summed E-state index contributed by atoms with van der Waals surface area (Å²) in [6.45, 7) is 4.45. The number of carbonyl (C=O) groups is 1. The zero-order chi connectivity index (χ0) is 14.4. The van der Waals surface area contributed by atoms with Gasteiger partial charge >= 0.3 is 0 Å². The molecule has 2 fully saturated rings. The van der Waals surface area contributed by atoms with Crippen molar-refractivity contribution in [2.75, 3.05) is 46.9 Å². The first-order chi connectivity index (χ1) is 9.66. The Morgan fingerprint density at radius 1 is 1.20 bits per heavy atom. The van der Waals surface area contributed by atoms with Crippen molar-refractivity contribution in [2.45, 2.75) is 44.2 Å². The third-order valence-electron chi connectivity index (χ3n) is 4.50. The van der Waals surface area contributed by atoms with Crippen LogP contribution >= 0.6 is 0 Å². The summed E-state index contributed by atoms with van der Waals surface area (Å²) in [6, 6.07) is 0.630. The van der Waals surface area contributed by atoms with Crippen molar-refractivity contribution in [3.05, 3.63) is 0 Å². The summed E-state index contributed by atoms with van der Waals surface area (Å²) >= 11 is 0. The number of nitrogens with one attached hydrogen (secondary N) is 1. The second-order valence-corrected chi connectivity index (χ2v) is 6.15. The predicted molar refractivity (Wildman–Crippen MR) is 79.7 cm³/mol. The van der Waals surface area contributed by atoms with Crippen LogP contribution in [0, 0.1) is 0 Å². The Balaban J connectivity index is 1.60. The summed E-state index contributed by atoms with van der Waals surface area (Å²) in [5, 5.41) is 3.32. The maximum absolute atomic E-state index is 12.1. The Hall–Kier alpha value is -0.650. The van der Waals surface area contributed by atoms with Gasteiger partial charge in [0.05, 0.1) is 19.1 Å². The summed E-state index contributed by atoms with van der Waals surface area (Å²) in [5.74, 6) is 0.260. The summed E-state index contributed by atoms with van der Waals surface area (Å²) in [4.78, 5) is 16.4. The molecule has 0 aromatic carbocycles. The number of rotatable bonds is 5. The van der Waals surface area contributed by atoms with E-state index < -0.39 is 0 Å². The molecule has 0 spiro atoms. The molecule has 0 aromatic heterocycles. The van der Waals surface area contributed by atoms with Crippen molar-refractivity contribution in [1.82, 2.24) is 15.1 Å². The lowest BCUT2D eigenvalue weighted by Gasteiger charge is -2.35. The second kappa shape index (κ2) is 7.96. The zero-order valence-electron chi connectivity index (χ0n) is 12.9. The summed E-state index contributed by atoms with van der Waals surface area (Å²) in [7, 11) is 4.24. The molecule has 0 saturated carbocycles. The van der Waals surface area contributed by atoms with Crippen molar-refractivity contribution >= 4 is 5.91 Å². The van der Waals surface area contributed by atoms with E-state index in [4.69, 9.17) is 4.74 Å². The first kappa shape index (κ1) is 15.7. The largest absolute Gasteiger partial charge is 0.378 e. The molecule has 116 valence electrons. The maximum atomic E-state index is 12.1. The van der Waals surface area contributed by atoms with Crippen LogP contribution in [0.4, 0.5) is 0 Å². The van der Waals surface area contributed by atoms with Gasteiger partial charge in [-0.3, -0.25) is 4.79 Å². The quantitative estimate of drug-likeness (QED) is 0.807. The molecule has 5 heteroatoms. The molecule has 2 heterocycles. The van der Waals surface area contributed by atoms with E-state index in [9.17, 15) is 4.79 Å². The number of likely N-dealkylation sites (tertiary alicyclic amines) is 1. The number of hydrogen-bond acceptors (Lipinski definition) is 4. The van der Waals surface area contributed by atoms with Gasteiger partial charge in [0.1, 0.15) is 0 Å². The Bertz CT molecular complexity index is 295. The van der Waals surface area contributed by atoms with Crippen LogP contribution in [-0.2, 0) is 9.53 Å². The molecule has 0 bridgehead atoms. The molecule has 20 heavy (non-hydrogen) atoms. The summed E-state index contributed by atoms with van der Waals surface area (Å²) in [5.41, 5.74) is 0. The highest BCUT2D eigenvalue weighted by molar-refractivity contribution is 5.76. The topological polar surface area (TPSA) is 44.8 Å². The molecule has 0 aromatic rings. The van der Waals surface area contributed by atoms with E-state index in [1.54, 1.807) is 0 Å². The standard InChI is InChI=1S/C15H29N3O2/c1-17(2)13-5-10-18(11-6-13)15(19)7-12-20-14-3-8-16-9-4-14/h13-14,16H,3-12H2,1-2H3. The van der Waals surface area contributed by atoms with Crippen molar-refractivity contribution < 1.29 is 9.53 Å². The molecule has 0 aliphatic carbocycles. The lowest BCUT2D eigenvalue weighted by Crippen LogP contribution is -2.44. The van der Waals surface area contributed by atoms with Gasteiger partial charge in [-0.15, -0.1) is 0 Å². The minimum absolute atomic E-state index is 0.260. The Morgan fingerprint density at radius 2 is 1.85 bits per heavy atom. The van der Waals surface area contributed by atoms with Crippen molar-refractivity contribution in [2.24, 2.45) is 0 Å². The minimum atomic E-state index is 0.260. The molecule has 5 nitrogen and oxygen atoms in total. The van der Waals surface area contributed by atoms with Crippen molar-refractivity contribution in [3.63, 3.8) is 0 Å². The SMILES string of the molecule is CN(C)C1CCN(C(=O)CCOC2CCNCC2)CC1. The van der Waals surface area contributed by atoms with E-state index in [-0.39, 0.29) is 5.91 Å². The zero-order valence-corrected chi connectivity index (χ0v) is 12.9. The Morgan fingerprint density at radius 3 is 2.45 bits per heavy atom. The van der Waals surface area contributed by atoms with Crippen LogP contribution in [0.5, 0.6) is 0 Å². The fourth-order valence-corrected chi connectivity index (χ4v) is 3.06. The number of amides is 1. The fourth-order valence-electron chi connectivity index (χ4n) is 3.06. The lowest BCUT2D eigenvalue weighted by molar-refractivity contribution is -0.134. The van der Waals surface area contributed by atoms with Crippen molar-refractivity contribution in [3.8, 4) is 0 Å². The van der Waals surface area contributed by atoms with E-state index in [1.165, 1.54) is 0 Å².